The van der Waals surface area contributed by atoms with Crippen molar-refractivity contribution in [1.82, 2.24) is 0 Å². The number of hydrogen-bond acceptors (Lipinski definition) is 3. The van der Waals surface area contributed by atoms with Crippen LogP contribution in [0.25, 0.3) is 0 Å². The van der Waals surface area contributed by atoms with E-state index in [1.807, 2.05) is 43.3 Å². The Hall–Kier alpha value is -0.900. The van der Waals surface area contributed by atoms with Crippen LogP contribution in [0.5, 0.6) is 0 Å². The van der Waals surface area contributed by atoms with Gasteiger partial charge in [-0.3, -0.25) is 0 Å². The standard InChI is InChI=1S/C17H20OS2/c1-3-17(14(2)18,19-15-10-6-4-7-11-15)20-16-12-8-5-9-13-16/h4-14,18H,3H2,1-2H3. The number of aliphatic hydroxyl groups is 1. The van der Waals surface area contributed by atoms with Crippen LogP contribution in [0.4, 0.5) is 0 Å². The number of rotatable bonds is 6. The number of thioether (sulfide) groups is 2. The summed E-state index contributed by atoms with van der Waals surface area (Å²) in [6, 6.07) is 20.6. The minimum Gasteiger partial charge on any atom is -0.391 e. The van der Waals surface area contributed by atoms with Gasteiger partial charge in [-0.05, 0) is 37.6 Å². The highest BCUT2D eigenvalue weighted by atomic mass is 32.2. The largest absolute Gasteiger partial charge is 0.391 e. The van der Waals surface area contributed by atoms with Crippen molar-refractivity contribution in [2.75, 3.05) is 0 Å². The molecule has 0 radical (unpaired) electrons. The lowest BCUT2D eigenvalue weighted by Crippen LogP contribution is -2.32. The Labute approximate surface area is 129 Å². The summed E-state index contributed by atoms with van der Waals surface area (Å²) in [6.07, 6.45) is 0.493. The molecule has 0 aliphatic carbocycles. The molecule has 0 amide bonds. The second-order valence-electron chi connectivity index (χ2n) is 4.67. The van der Waals surface area contributed by atoms with Crippen molar-refractivity contribution in [1.29, 1.82) is 0 Å². The molecule has 0 aliphatic rings. The minimum atomic E-state index is -0.400. The monoisotopic (exact) mass is 304 g/mol. The Morgan fingerprint density at radius 2 is 1.30 bits per heavy atom. The molecule has 1 unspecified atom stereocenters. The minimum absolute atomic E-state index is 0.261. The molecular weight excluding hydrogens is 284 g/mol. The zero-order chi connectivity index (χ0) is 14.4. The van der Waals surface area contributed by atoms with E-state index < -0.39 is 6.10 Å². The lowest BCUT2D eigenvalue weighted by molar-refractivity contribution is 0.178. The van der Waals surface area contributed by atoms with Crippen molar-refractivity contribution >= 4 is 23.5 Å². The zero-order valence-electron chi connectivity index (χ0n) is 11.8. The van der Waals surface area contributed by atoms with E-state index in [0.29, 0.717) is 0 Å². The highest BCUT2D eigenvalue weighted by Crippen LogP contribution is 2.49. The van der Waals surface area contributed by atoms with Gasteiger partial charge < -0.3 is 5.11 Å². The average molecular weight is 304 g/mol. The maximum absolute atomic E-state index is 10.3. The smallest absolute Gasteiger partial charge is 0.0956 e. The highest BCUT2D eigenvalue weighted by Gasteiger charge is 2.36. The van der Waals surface area contributed by atoms with Gasteiger partial charge in [-0.25, -0.2) is 0 Å². The van der Waals surface area contributed by atoms with Gasteiger partial charge in [0, 0.05) is 9.79 Å². The first kappa shape index (κ1) is 15.5. The molecule has 0 bridgehead atoms. The fourth-order valence-electron chi connectivity index (χ4n) is 2.01. The molecule has 0 spiro atoms. The van der Waals surface area contributed by atoms with Crippen LogP contribution in [0, 0.1) is 0 Å². The Balaban J connectivity index is 2.26. The molecule has 106 valence electrons. The summed E-state index contributed by atoms with van der Waals surface area (Å²) in [4.78, 5) is 2.39. The average Bonchev–Trinajstić information content (AvgIpc) is 2.48. The SMILES string of the molecule is CCC(Sc1ccccc1)(Sc1ccccc1)C(C)O. The van der Waals surface area contributed by atoms with E-state index in [1.165, 1.54) is 9.79 Å². The van der Waals surface area contributed by atoms with Crippen LogP contribution in [-0.4, -0.2) is 15.3 Å². The van der Waals surface area contributed by atoms with Crippen LogP contribution in [-0.2, 0) is 0 Å². The van der Waals surface area contributed by atoms with Gasteiger partial charge in [0.05, 0.1) is 10.2 Å². The lowest BCUT2D eigenvalue weighted by atomic mass is 10.2. The van der Waals surface area contributed by atoms with Crippen LogP contribution in [0.2, 0.25) is 0 Å². The molecule has 2 aromatic rings. The summed E-state index contributed by atoms with van der Waals surface area (Å²) in [5.41, 5.74) is 0. The van der Waals surface area contributed by atoms with Gasteiger partial charge in [0.2, 0.25) is 0 Å². The Kier molecular flexibility index (Phi) is 5.58. The molecule has 0 heterocycles. The third-order valence-electron chi connectivity index (χ3n) is 3.20. The van der Waals surface area contributed by atoms with E-state index in [4.69, 9.17) is 0 Å². The summed E-state index contributed by atoms with van der Waals surface area (Å²) >= 11 is 3.50. The van der Waals surface area contributed by atoms with Crippen molar-refractivity contribution in [3.63, 3.8) is 0 Å². The van der Waals surface area contributed by atoms with E-state index in [-0.39, 0.29) is 4.08 Å². The topological polar surface area (TPSA) is 20.2 Å². The maximum atomic E-state index is 10.3. The van der Waals surface area contributed by atoms with Gasteiger partial charge in [-0.15, -0.1) is 23.5 Å². The van der Waals surface area contributed by atoms with E-state index in [0.717, 1.165) is 6.42 Å². The van der Waals surface area contributed by atoms with Crippen molar-refractivity contribution in [2.45, 2.75) is 40.2 Å². The van der Waals surface area contributed by atoms with Crippen LogP contribution in [0.1, 0.15) is 20.3 Å². The van der Waals surface area contributed by atoms with Crippen LogP contribution >= 0.6 is 23.5 Å². The molecular formula is C17H20OS2. The lowest BCUT2D eigenvalue weighted by Gasteiger charge is -2.34. The Morgan fingerprint density at radius 1 is 0.900 bits per heavy atom. The third-order valence-corrected chi connectivity index (χ3v) is 6.66. The van der Waals surface area contributed by atoms with Crippen LogP contribution in [0.3, 0.4) is 0 Å². The van der Waals surface area contributed by atoms with Crippen LogP contribution in [0.15, 0.2) is 70.5 Å². The van der Waals surface area contributed by atoms with E-state index in [1.54, 1.807) is 23.5 Å². The second-order valence-corrected chi connectivity index (χ2v) is 7.74. The number of hydrogen-bond donors (Lipinski definition) is 1. The third kappa shape index (κ3) is 3.81. The first-order chi connectivity index (χ1) is 9.66. The predicted octanol–water partition coefficient (Wildman–Crippen LogP) is 5.06. The van der Waals surface area contributed by atoms with Gasteiger partial charge in [0.1, 0.15) is 0 Å². The molecule has 0 aliphatic heterocycles. The Morgan fingerprint density at radius 3 is 1.60 bits per heavy atom. The van der Waals surface area contributed by atoms with Crippen LogP contribution < -0.4 is 0 Å². The molecule has 2 aromatic carbocycles. The molecule has 1 nitrogen and oxygen atoms in total. The summed E-state index contributed by atoms with van der Waals surface area (Å²) in [5.74, 6) is 0. The normalized spacial score (nSPS) is 13.2. The molecule has 1 atom stereocenters. The summed E-state index contributed by atoms with van der Waals surface area (Å²) in [6.45, 7) is 4.02. The van der Waals surface area contributed by atoms with Gasteiger partial charge in [0.25, 0.3) is 0 Å². The van der Waals surface area contributed by atoms with Gasteiger partial charge >= 0.3 is 0 Å². The van der Waals surface area contributed by atoms with E-state index in [9.17, 15) is 5.11 Å². The molecule has 0 saturated heterocycles. The first-order valence-electron chi connectivity index (χ1n) is 6.82. The second kappa shape index (κ2) is 7.21. The van der Waals surface area contributed by atoms with Gasteiger partial charge in [-0.2, -0.15) is 0 Å². The predicted molar refractivity (Wildman–Crippen MR) is 89.3 cm³/mol. The molecule has 0 aromatic heterocycles. The Bertz CT molecular complexity index is 470. The molecule has 0 saturated carbocycles. The molecule has 0 fully saturated rings. The fourth-order valence-corrected chi connectivity index (χ4v) is 4.77. The quantitative estimate of drug-likeness (QED) is 0.595. The zero-order valence-corrected chi connectivity index (χ0v) is 13.5. The highest BCUT2D eigenvalue weighted by molar-refractivity contribution is 8.18. The molecule has 1 N–H and O–H groups in total. The van der Waals surface area contributed by atoms with Crippen molar-refractivity contribution in [3.05, 3.63) is 60.7 Å². The first-order valence-corrected chi connectivity index (χ1v) is 8.46. The number of aliphatic hydroxyl groups excluding tert-OH is 1. The van der Waals surface area contributed by atoms with E-state index >= 15 is 0 Å². The number of benzene rings is 2. The fraction of sp³-hybridized carbons (Fsp3) is 0.294. The summed E-state index contributed by atoms with van der Waals surface area (Å²) < 4.78 is -0.261. The summed E-state index contributed by atoms with van der Waals surface area (Å²) in [5, 5.41) is 10.3. The van der Waals surface area contributed by atoms with Crippen molar-refractivity contribution in [3.8, 4) is 0 Å². The van der Waals surface area contributed by atoms with Crippen molar-refractivity contribution in [2.24, 2.45) is 0 Å². The maximum Gasteiger partial charge on any atom is 0.0956 e. The summed E-state index contributed by atoms with van der Waals surface area (Å²) in [7, 11) is 0. The van der Waals surface area contributed by atoms with E-state index in [2.05, 4.69) is 31.2 Å². The van der Waals surface area contributed by atoms with Crippen molar-refractivity contribution < 1.29 is 5.11 Å². The van der Waals surface area contributed by atoms with Gasteiger partial charge in [0.15, 0.2) is 0 Å². The molecule has 2 rings (SSSR count). The molecule has 3 heteroatoms. The van der Waals surface area contributed by atoms with Gasteiger partial charge in [-0.1, -0.05) is 43.3 Å². The molecule has 20 heavy (non-hydrogen) atoms.